The largest absolute Gasteiger partial charge is 0.298 e. The lowest BCUT2D eigenvalue weighted by Gasteiger charge is -2.26. The number of aromatic nitrogens is 1. The molecule has 0 atom stereocenters. The van der Waals surface area contributed by atoms with Crippen molar-refractivity contribution in [3.05, 3.63) is 46.0 Å². The zero-order valence-electron chi connectivity index (χ0n) is 14.4. The van der Waals surface area contributed by atoms with E-state index >= 15 is 0 Å². The summed E-state index contributed by atoms with van der Waals surface area (Å²) in [5.41, 5.74) is 2.38. The third kappa shape index (κ3) is 3.61. The number of nitrogens with zero attached hydrogens (tertiary/aromatic N) is 2. The number of hydrogen-bond acceptors (Lipinski definition) is 5. The minimum Gasteiger partial charge on any atom is -0.298 e. The number of rotatable bonds is 4. The van der Waals surface area contributed by atoms with Crippen molar-refractivity contribution in [2.45, 2.75) is 39.0 Å². The minimum absolute atomic E-state index is 0.198. The molecular formula is C17H21N3O3S2. The first-order valence-electron chi connectivity index (χ1n) is 8.13. The Morgan fingerprint density at radius 2 is 2.04 bits per heavy atom. The van der Waals surface area contributed by atoms with E-state index in [9.17, 15) is 13.2 Å². The minimum atomic E-state index is -3.28. The molecule has 0 saturated heterocycles. The van der Waals surface area contributed by atoms with Crippen LogP contribution in [0.1, 0.15) is 40.3 Å². The number of fused-ring (bicyclic) bond motifs is 1. The summed E-state index contributed by atoms with van der Waals surface area (Å²) in [4.78, 5) is 17.8. The van der Waals surface area contributed by atoms with Crippen molar-refractivity contribution in [1.29, 1.82) is 0 Å². The van der Waals surface area contributed by atoms with Crippen LogP contribution in [0.15, 0.2) is 24.3 Å². The second-order valence-corrected chi connectivity index (χ2v) is 9.91. The van der Waals surface area contributed by atoms with Crippen molar-refractivity contribution in [3.8, 4) is 0 Å². The number of thiazole rings is 1. The molecule has 0 fully saturated rings. The van der Waals surface area contributed by atoms with Crippen LogP contribution in [0.25, 0.3) is 0 Å². The molecule has 0 unspecified atom stereocenters. The Morgan fingerprint density at radius 1 is 1.32 bits per heavy atom. The monoisotopic (exact) mass is 379 g/mol. The van der Waals surface area contributed by atoms with Crippen molar-refractivity contribution in [1.82, 2.24) is 9.29 Å². The Morgan fingerprint density at radius 3 is 2.72 bits per heavy atom. The molecule has 3 rings (SSSR count). The topological polar surface area (TPSA) is 79.4 Å². The zero-order valence-corrected chi connectivity index (χ0v) is 16.1. The normalized spacial score (nSPS) is 15.2. The lowest BCUT2D eigenvalue weighted by atomic mass is 10.1. The first-order valence-corrected chi connectivity index (χ1v) is 10.5. The lowest BCUT2D eigenvalue weighted by Crippen LogP contribution is -2.39. The smallest absolute Gasteiger partial charge is 0.257 e. The summed E-state index contributed by atoms with van der Waals surface area (Å²) in [5.74, 6) is -0.198. The molecule has 0 bridgehead atoms. The molecular weight excluding hydrogens is 358 g/mol. The van der Waals surface area contributed by atoms with Gasteiger partial charge in [0.2, 0.25) is 10.0 Å². The van der Waals surface area contributed by atoms with Crippen LogP contribution in [0, 0.1) is 6.92 Å². The molecule has 1 N–H and O–H groups in total. The quantitative estimate of drug-likeness (QED) is 0.886. The van der Waals surface area contributed by atoms with Gasteiger partial charge in [0.1, 0.15) is 0 Å². The van der Waals surface area contributed by atoms with Crippen LogP contribution in [-0.2, 0) is 23.0 Å². The van der Waals surface area contributed by atoms with Gasteiger partial charge in [-0.05, 0) is 32.4 Å². The van der Waals surface area contributed by atoms with Crippen LogP contribution in [0.2, 0.25) is 0 Å². The fraction of sp³-hybridized carbons (Fsp3) is 0.412. The summed E-state index contributed by atoms with van der Waals surface area (Å²) in [5, 5.41) is 2.91. The highest BCUT2D eigenvalue weighted by Crippen LogP contribution is 2.30. The number of hydrogen-bond donors (Lipinski definition) is 1. The highest BCUT2D eigenvalue weighted by Gasteiger charge is 2.31. The van der Waals surface area contributed by atoms with E-state index in [1.54, 1.807) is 19.9 Å². The summed E-state index contributed by atoms with van der Waals surface area (Å²) in [7, 11) is -3.28. The summed E-state index contributed by atoms with van der Waals surface area (Å²) >= 11 is 1.35. The Hall–Kier alpha value is -1.77. The van der Waals surface area contributed by atoms with Gasteiger partial charge in [-0.2, -0.15) is 4.31 Å². The molecule has 6 nitrogen and oxygen atoms in total. The Labute approximate surface area is 151 Å². The molecule has 0 spiro atoms. The van der Waals surface area contributed by atoms with Gasteiger partial charge < -0.3 is 0 Å². The van der Waals surface area contributed by atoms with E-state index in [0.717, 1.165) is 16.1 Å². The third-order valence-electron chi connectivity index (χ3n) is 4.26. The molecule has 134 valence electrons. The highest BCUT2D eigenvalue weighted by molar-refractivity contribution is 7.89. The van der Waals surface area contributed by atoms with Gasteiger partial charge in [-0.3, -0.25) is 10.1 Å². The van der Waals surface area contributed by atoms with Gasteiger partial charge in [0.05, 0.1) is 10.9 Å². The van der Waals surface area contributed by atoms with Gasteiger partial charge in [-0.1, -0.05) is 18.2 Å². The van der Waals surface area contributed by atoms with Crippen LogP contribution in [0.4, 0.5) is 5.13 Å². The molecule has 0 saturated carbocycles. The summed E-state index contributed by atoms with van der Waals surface area (Å²) in [6.45, 7) is 6.02. The number of carbonyl (C=O) groups is 1. The van der Waals surface area contributed by atoms with Crippen LogP contribution in [0.3, 0.4) is 0 Å². The molecule has 0 radical (unpaired) electrons. The number of sulfonamides is 1. The summed E-state index contributed by atoms with van der Waals surface area (Å²) in [6, 6.07) is 7.37. The van der Waals surface area contributed by atoms with E-state index in [0.29, 0.717) is 30.2 Å². The first-order chi connectivity index (χ1) is 11.8. The average molecular weight is 380 g/mol. The predicted octanol–water partition coefficient (Wildman–Crippen LogP) is 2.80. The maximum Gasteiger partial charge on any atom is 0.257 e. The second kappa shape index (κ2) is 6.86. The average Bonchev–Trinajstić information content (AvgIpc) is 2.96. The lowest BCUT2D eigenvalue weighted by molar-refractivity contribution is 0.102. The first kappa shape index (κ1) is 18.0. The van der Waals surface area contributed by atoms with E-state index in [1.807, 2.05) is 25.1 Å². The number of aryl methyl sites for hydroxylation is 1. The maximum absolute atomic E-state index is 12.4. The molecule has 1 aromatic carbocycles. The summed E-state index contributed by atoms with van der Waals surface area (Å²) < 4.78 is 26.2. The van der Waals surface area contributed by atoms with Crippen molar-refractivity contribution in [2.24, 2.45) is 0 Å². The van der Waals surface area contributed by atoms with Gasteiger partial charge in [0.15, 0.2) is 5.13 Å². The molecule has 1 amide bonds. The molecule has 1 aliphatic rings. The van der Waals surface area contributed by atoms with Gasteiger partial charge in [0.25, 0.3) is 5.91 Å². The van der Waals surface area contributed by atoms with Crippen LogP contribution >= 0.6 is 11.3 Å². The van der Waals surface area contributed by atoms with Crippen LogP contribution < -0.4 is 5.32 Å². The highest BCUT2D eigenvalue weighted by atomic mass is 32.2. The van der Waals surface area contributed by atoms with Gasteiger partial charge >= 0.3 is 0 Å². The number of carbonyl (C=O) groups excluding carboxylic acids is 1. The van der Waals surface area contributed by atoms with E-state index in [4.69, 9.17) is 0 Å². The molecule has 2 aromatic rings. The molecule has 0 aliphatic carbocycles. The summed E-state index contributed by atoms with van der Waals surface area (Å²) in [6.07, 6.45) is 0.567. The standard InChI is InChI=1S/C17H21N3O3S2/c1-11(2)25(22,23)20-9-8-14-15(10-20)24-17(18-14)19-16(21)13-7-5-4-6-12(13)3/h4-7,11H,8-10H2,1-3H3,(H,18,19,21). The molecule has 1 aromatic heterocycles. The van der Waals surface area contributed by atoms with Crippen LogP contribution in [0.5, 0.6) is 0 Å². The Bertz CT molecular complexity index is 904. The Balaban J connectivity index is 1.77. The van der Waals surface area contributed by atoms with E-state index in [2.05, 4.69) is 10.3 Å². The molecule has 25 heavy (non-hydrogen) atoms. The zero-order chi connectivity index (χ0) is 18.2. The van der Waals surface area contributed by atoms with Crippen molar-refractivity contribution < 1.29 is 13.2 Å². The van der Waals surface area contributed by atoms with Gasteiger partial charge in [-0.25, -0.2) is 13.4 Å². The fourth-order valence-corrected chi connectivity index (χ4v) is 5.08. The van der Waals surface area contributed by atoms with Crippen molar-refractivity contribution >= 4 is 32.4 Å². The van der Waals surface area contributed by atoms with Gasteiger partial charge in [0, 0.05) is 30.0 Å². The van der Waals surface area contributed by atoms with E-state index in [-0.39, 0.29) is 5.91 Å². The number of nitrogens with one attached hydrogen (secondary N) is 1. The van der Waals surface area contributed by atoms with E-state index < -0.39 is 15.3 Å². The fourth-order valence-electron chi connectivity index (χ4n) is 2.73. The molecule has 8 heteroatoms. The maximum atomic E-state index is 12.4. The number of benzene rings is 1. The third-order valence-corrected chi connectivity index (χ3v) is 7.48. The van der Waals surface area contributed by atoms with Gasteiger partial charge in [-0.15, -0.1) is 11.3 Å². The van der Waals surface area contributed by atoms with Crippen LogP contribution in [-0.4, -0.2) is 35.4 Å². The second-order valence-electron chi connectivity index (χ2n) is 6.34. The SMILES string of the molecule is Cc1ccccc1C(=O)Nc1nc2c(s1)CN(S(=O)(=O)C(C)C)CC2. The molecule has 2 heterocycles. The Kier molecular flexibility index (Phi) is 4.95. The number of amides is 1. The van der Waals surface area contributed by atoms with E-state index in [1.165, 1.54) is 15.6 Å². The molecule has 1 aliphatic heterocycles. The number of anilines is 1. The predicted molar refractivity (Wildman–Crippen MR) is 99.4 cm³/mol. The van der Waals surface area contributed by atoms with Crippen molar-refractivity contribution in [3.63, 3.8) is 0 Å². The van der Waals surface area contributed by atoms with Crippen molar-refractivity contribution in [2.75, 3.05) is 11.9 Å².